The minimum atomic E-state index is 0.364. The van der Waals surface area contributed by atoms with E-state index in [1.54, 1.807) is 24.0 Å². The van der Waals surface area contributed by atoms with Crippen LogP contribution in [-0.2, 0) is 0 Å². The van der Waals surface area contributed by atoms with E-state index in [1.165, 1.54) is 0 Å². The second kappa shape index (κ2) is 7.90. The van der Waals surface area contributed by atoms with Crippen LogP contribution in [0.5, 0.6) is 11.5 Å². The fraction of sp³-hybridized carbons (Fsp3) is 0.333. The van der Waals surface area contributed by atoms with Crippen molar-refractivity contribution in [2.24, 2.45) is 10.9 Å². The molecule has 2 aromatic rings. The summed E-state index contributed by atoms with van der Waals surface area (Å²) in [5.41, 5.74) is 0. The number of halogens is 1. The summed E-state index contributed by atoms with van der Waals surface area (Å²) < 4.78 is 5.92. The lowest BCUT2D eigenvalue weighted by molar-refractivity contribution is 0.483. The number of para-hydroxylation sites is 1. The summed E-state index contributed by atoms with van der Waals surface area (Å²) >= 11 is 7.79. The van der Waals surface area contributed by atoms with Gasteiger partial charge in [0.05, 0.1) is 11.1 Å². The molecule has 24 heavy (non-hydrogen) atoms. The Hall–Kier alpha value is -1.72. The molecule has 0 saturated carbocycles. The quantitative estimate of drug-likeness (QED) is 0.768. The van der Waals surface area contributed by atoms with Crippen LogP contribution in [0.15, 0.2) is 47.6 Å². The van der Waals surface area contributed by atoms with Gasteiger partial charge in [0.15, 0.2) is 16.7 Å². The summed E-state index contributed by atoms with van der Waals surface area (Å²) in [6, 6.07) is 11.7. The SMILES string of the molecule is CC(C)CC1CSC(Nc2ncc(Cl)cc2Oc2ccccc2)=N1. The van der Waals surface area contributed by atoms with Gasteiger partial charge in [-0.05, 0) is 24.5 Å². The smallest absolute Gasteiger partial charge is 0.175 e. The van der Waals surface area contributed by atoms with Gasteiger partial charge in [0.2, 0.25) is 0 Å². The predicted molar refractivity (Wildman–Crippen MR) is 103 cm³/mol. The van der Waals surface area contributed by atoms with Crippen molar-refractivity contribution in [3.8, 4) is 11.5 Å². The second-order valence-corrected chi connectivity index (χ2v) is 7.51. The van der Waals surface area contributed by atoms with Crippen LogP contribution in [0, 0.1) is 5.92 Å². The van der Waals surface area contributed by atoms with Gasteiger partial charge in [0.25, 0.3) is 0 Å². The molecule has 1 aromatic carbocycles. The van der Waals surface area contributed by atoms with Crippen LogP contribution >= 0.6 is 23.4 Å². The van der Waals surface area contributed by atoms with Gasteiger partial charge >= 0.3 is 0 Å². The topological polar surface area (TPSA) is 46.5 Å². The molecule has 3 rings (SSSR count). The lowest BCUT2D eigenvalue weighted by Gasteiger charge is -2.12. The van der Waals surface area contributed by atoms with Crippen LogP contribution in [0.4, 0.5) is 5.82 Å². The largest absolute Gasteiger partial charge is 0.453 e. The Morgan fingerprint density at radius 2 is 2.12 bits per heavy atom. The Bertz CT molecular complexity index is 721. The van der Waals surface area contributed by atoms with E-state index in [2.05, 4.69) is 24.1 Å². The zero-order valence-electron chi connectivity index (χ0n) is 13.7. The number of amidine groups is 1. The fourth-order valence-electron chi connectivity index (χ4n) is 2.46. The van der Waals surface area contributed by atoms with E-state index in [4.69, 9.17) is 21.3 Å². The van der Waals surface area contributed by atoms with E-state index >= 15 is 0 Å². The number of nitrogens with one attached hydrogen (secondary N) is 1. The number of benzene rings is 1. The minimum absolute atomic E-state index is 0.364. The molecule has 0 amide bonds. The van der Waals surface area contributed by atoms with Gasteiger partial charge in [-0.3, -0.25) is 4.99 Å². The van der Waals surface area contributed by atoms with Crippen LogP contribution in [0.25, 0.3) is 0 Å². The highest BCUT2D eigenvalue weighted by Crippen LogP contribution is 2.32. The molecule has 1 aromatic heterocycles. The number of aromatic nitrogens is 1. The first-order chi connectivity index (χ1) is 11.6. The normalized spacial score (nSPS) is 17.0. The third-order valence-electron chi connectivity index (χ3n) is 3.47. The van der Waals surface area contributed by atoms with Crippen molar-refractivity contribution in [2.75, 3.05) is 11.1 Å². The molecule has 1 aliphatic rings. The first kappa shape index (κ1) is 17.1. The summed E-state index contributed by atoms with van der Waals surface area (Å²) in [5, 5.41) is 4.69. The molecule has 1 N–H and O–H groups in total. The van der Waals surface area contributed by atoms with E-state index in [9.17, 15) is 0 Å². The zero-order chi connectivity index (χ0) is 16.9. The van der Waals surface area contributed by atoms with Crippen molar-refractivity contribution in [3.05, 3.63) is 47.6 Å². The van der Waals surface area contributed by atoms with Gasteiger partial charge in [0.1, 0.15) is 5.75 Å². The first-order valence-corrected chi connectivity index (χ1v) is 9.32. The minimum Gasteiger partial charge on any atom is -0.453 e. The third kappa shape index (κ3) is 4.65. The third-order valence-corrected chi connectivity index (χ3v) is 4.71. The van der Waals surface area contributed by atoms with Gasteiger partial charge in [-0.1, -0.05) is 55.4 Å². The van der Waals surface area contributed by atoms with Crippen LogP contribution < -0.4 is 10.1 Å². The standard InChI is InChI=1S/C18H20ClN3OS/c1-12(2)8-14-11-24-18(21-14)22-17-16(9-13(19)10-20-17)23-15-6-4-3-5-7-15/h3-7,9-10,12,14H,8,11H2,1-2H3,(H,20,21,22). The summed E-state index contributed by atoms with van der Waals surface area (Å²) in [4.78, 5) is 9.10. The summed E-state index contributed by atoms with van der Waals surface area (Å²) in [6.07, 6.45) is 2.70. The molecule has 2 heterocycles. The first-order valence-electron chi connectivity index (χ1n) is 7.96. The molecule has 0 radical (unpaired) electrons. The fourth-order valence-corrected chi connectivity index (χ4v) is 3.56. The Balaban J connectivity index is 1.76. The van der Waals surface area contributed by atoms with Gasteiger partial charge in [0, 0.05) is 18.0 Å². The Morgan fingerprint density at radius 1 is 1.33 bits per heavy atom. The van der Waals surface area contributed by atoms with Crippen molar-refractivity contribution in [3.63, 3.8) is 0 Å². The molecular formula is C18H20ClN3OS. The van der Waals surface area contributed by atoms with E-state index in [1.807, 2.05) is 30.3 Å². The lowest BCUT2D eigenvalue weighted by Crippen LogP contribution is -2.09. The van der Waals surface area contributed by atoms with E-state index in [-0.39, 0.29) is 0 Å². The summed E-state index contributed by atoms with van der Waals surface area (Å²) in [7, 11) is 0. The molecule has 6 heteroatoms. The molecule has 126 valence electrons. The number of nitrogens with zero attached hydrogens (tertiary/aromatic N) is 2. The van der Waals surface area contributed by atoms with E-state index < -0.39 is 0 Å². The maximum atomic E-state index is 6.07. The number of thioether (sulfide) groups is 1. The molecule has 4 nitrogen and oxygen atoms in total. The highest BCUT2D eigenvalue weighted by molar-refractivity contribution is 8.14. The molecular weight excluding hydrogens is 342 g/mol. The number of hydrogen-bond donors (Lipinski definition) is 1. The number of aliphatic imine (C=N–C) groups is 1. The van der Waals surface area contributed by atoms with E-state index in [0.29, 0.717) is 28.5 Å². The molecule has 0 bridgehead atoms. The highest BCUT2D eigenvalue weighted by atomic mass is 35.5. The number of hydrogen-bond acceptors (Lipinski definition) is 5. The molecule has 0 fully saturated rings. The molecule has 1 aliphatic heterocycles. The van der Waals surface area contributed by atoms with Crippen molar-refractivity contribution in [2.45, 2.75) is 26.3 Å². The number of ether oxygens (including phenoxy) is 1. The molecule has 1 atom stereocenters. The zero-order valence-corrected chi connectivity index (χ0v) is 15.3. The van der Waals surface area contributed by atoms with Gasteiger partial charge in [-0.2, -0.15) is 0 Å². The number of rotatable bonds is 5. The van der Waals surface area contributed by atoms with Gasteiger partial charge in [-0.15, -0.1) is 0 Å². The Kier molecular flexibility index (Phi) is 5.63. The second-order valence-electron chi connectivity index (χ2n) is 6.07. The Labute approximate surface area is 151 Å². The van der Waals surface area contributed by atoms with Crippen molar-refractivity contribution in [1.29, 1.82) is 0 Å². The monoisotopic (exact) mass is 361 g/mol. The maximum Gasteiger partial charge on any atom is 0.175 e. The van der Waals surface area contributed by atoms with Gasteiger partial charge in [-0.25, -0.2) is 4.98 Å². The molecule has 0 saturated heterocycles. The number of pyridine rings is 1. The highest BCUT2D eigenvalue weighted by Gasteiger charge is 2.20. The Morgan fingerprint density at radius 3 is 2.88 bits per heavy atom. The average molecular weight is 362 g/mol. The van der Waals surface area contributed by atoms with E-state index in [0.717, 1.165) is 23.1 Å². The molecule has 0 aliphatic carbocycles. The number of anilines is 1. The van der Waals surface area contributed by atoms with Crippen LogP contribution in [0.2, 0.25) is 5.02 Å². The summed E-state index contributed by atoms with van der Waals surface area (Å²) in [6.45, 7) is 4.44. The average Bonchev–Trinajstić information content (AvgIpc) is 2.97. The summed E-state index contributed by atoms with van der Waals surface area (Å²) in [5.74, 6) is 3.60. The molecule has 1 unspecified atom stereocenters. The molecule has 0 spiro atoms. The van der Waals surface area contributed by atoms with Crippen molar-refractivity contribution in [1.82, 2.24) is 4.98 Å². The lowest BCUT2D eigenvalue weighted by atomic mass is 10.1. The van der Waals surface area contributed by atoms with Crippen LogP contribution in [-0.4, -0.2) is 21.9 Å². The van der Waals surface area contributed by atoms with Crippen LogP contribution in [0.3, 0.4) is 0 Å². The van der Waals surface area contributed by atoms with Gasteiger partial charge < -0.3 is 10.1 Å². The predicted octanol–water partition coefficient (Wildman–Crippen LogP) is 5.46. The maximum absolute atomic E-state index is 6.07. The van der Waals surface area contributed by atoms with Crippen molar-refractivity contribution < 1.29 is 4.74 Å². The van der Waals surface area contributed by atoms with Crippen LogP contribution in [0.1, 0.15) is 20.3 Å². The van der Waals surface area contributed by atoms with Crippen molar-refractivity contribution >= 4 is 34.3 Å².